The monoisotopic (exact) mass is 339 g/mol. The maximum absolute atomic E-state index is 13.6. The maximum Gasteiger partial charge on any atom is 0.271 e. The number of non-ortho nitro benzene ring substituents is 1. The summed E-state index contributed by atoms with van der Waals surface area (Å²) in [6, 6.07) is 6.53. The fourth-order valence-electron chi connectivity index (χ4n) is 2.24. The summed E-state index contributed by atoms with van der Waals surface area (Å²) in [5.41, 5.74) is 0.980. The number of nitro groups is 1. The first-order chi connectivity index (χ1) is 11.0. The Hall–Kier alpha value is -2.38. The Morgan fingerprint density at radius 1 is 1.35 bits per heavy atom. The number of rotatable bonds is 4. The number of hydrogen-bond donors (Lipinski definition) is 0. The van der Waals surface area contributed by atoms with Gasteiger partial charge in [0.15, 0.2) is 6.79 Å². The SMILES string of the molecule is O=[N+]([O-])c1ccc(OCc2cc(F)cc3c2OCOC3)c(Cl)c1. The van der Waals surface area contributed by atoms with Gasteiger partial charge in [-0.25, -0.2) is 4.39 Å². The lowest BCUT2D eigenvalue weighted by Gasteiger charge is -2.21. The molecule has 0 saturated heterocycles. The van der Waals surface area contributed by atoms with Crippen LogP contribution in [0.3, 0.4) is 0 Å². The molecular weight excluding hydrogens is 329 g/mol. The standard InChI is InChI=1S/C15H11ClFNO5/c16-13-5-12(18(19)20)1-2-14(13)22-7-10-4-11(17)3-9-6-21-8-23-15(9)10/h1-5H,6-8H2. The zero-order chi connectivity index (χ0) is 16.4. The first-order valence-corrected chi connectivity index (χ1v) is 7.01. The van der Waals surface area contributed by atoms with Crippen LogP contribution in [0.5, 0.6) is 11.5 Å². The van der Waals surface area contributed by atoms with Gasteiger partial charge in [0, 0.05) is 23.3 Å². The number of benzene rings is 2. The summed E-state index contributed by atoms with van der Waals surface area (Å²) in [6.45, 7) is 0.361. The molecule has 0 saturated carbocycles. The zero-order valence-electron chi connectivity index (χ0n) is 11.8. The summed E-state index contributed by atoms with van der Waals surface area (Å²) < 4.78 is 29.7. The molecule has 0 spiro atoms. The van der Waals surface area contributed by atoms with Gasteiger partial charge in [-0.3, -0.25) is 10.1 Å². The lowest BCUT2D eigenvalue weighted by Crippen LogP contribution is -2.14. The first-order valence-electron chi connectivity index (χ1n) is 6.63. The molecular formula is C15H11ClFNO5. The van der Waals surface area contributed by atoms with Crippen molar-refractivity contribution in [1.82, 2.24) is 0 Å². The van der Waals surface area contributed by atoms with Crippen molar-refractivity contribution in [3.8, 4) is 11.5 Å². The molecule has 1 aliphatic rings. The van der Waals surface area contributed by atoms with Gasteiger partial charge in [0.1, 0.15) is 23.9 Å². The molecule has 1 heterocycles. The van der Waals surface area contributed by atoms with Crippen molar-refractivity contribution in [1.29, 1.82) is 0 Å². The molecule has 3 rings (SSSR count). The third-order valence-electron chi connectivity index (χ3n) is 3.26. The van der Waals surface area contributed by atoms with Gasteiger partial charge < -0.3 is 14.2 Å². The van der Waals surface area contributed by atoms with Crippen LogP contribution in [-0.2, 0) is 18.0 Å². The molecule has 0 fully saturated rings. The molecule has 23 heavy (non-hydrogen) atoms. The Balaban J connectivity index is 1.81. The molecule has 0 bridgehead atoms. The van der Waals surface area contributed by atoms with Gasteiger partial charge in [-0.05, 0) is 18.2 Å². The van der Waals surface area contributed by atoms with Crippen LogP contribution in [0.15, 0.2) is 30.3 Å². The van der Waals surface area contributed by atoms with Gasteiger partial charge in [0.25, 0.3) is 5.69 Å². The normalized spacial score (nSPS) is 13.1. The molecule has 2 aromatic rings. The van der Waals surface area contributed by atoms with Gasteiger partial charge in [-0.2, -0.15) is 0 Å². The number of fused-ring (bicyclic) bond motifs is 1. The minimum atomic E-state index is -0.549. The van der Waals surface area contributed by atoms with Gasteiger partial charge >= 0.3 is 0 Å². The summed E-state index contributed by atoms with van der Waals surface area (Å²) in [5.74, 6) is 0.365. The molecule has 2 aromatic carbocycles. The number of nitro benzene ring substituents is 1. The Bertz CT molecular complexity index is 768. The van der Waals surface area contributed by atoms with Gasteiger partial charge in [-0.1, -0.05) is 11.6 Å². The molecule has 0 aliphatic carbocycles. The van der Waals surface area contributed by atoms with Crippen molar-refractivity contribution < 1.29 is 23.5 Å². The average Bonchev–Trinajstić information content (AvgIpc) is 2.53. The van der Waals surface area contributed by atoms with E-state index < -0.39 is 10.7 Å². The van der Waals surface area contributed by atoms with Crippen LogP contribution in [0.1, 0.15) is 11.1 Å². The van der Waals surface area contributed by atoms with Gasteiger partial charge in [-0.15, -0.1) is 0 Å². The summed E-state index contributed by atoms with van der Waals surface area (Å²) in [6.07, 6.45) is 0. The first kappa shape index (κ1) is 15.5. The molecule has 0 N–H and O–H groups in total. The van der Waals surface area contributed by atoms with Crippen molar-refractivity contribution in [2.45, 2.75) is 13.2 Å². The van der Waals surface area contributed by atoms with E-state index in [1.54, 1.807) is 0 Å². The highest BCUT2D eigenvalue weighted by atomic mass is 35.5. The third-order valence-corrected chi connectivity index (χ3v) is 3.56. The fourth-order valence-corrected chi connectivity index (χ4v) is 2.47. The van der Waals surface area contributed by atoms with Crippen LogP contribution in [-0.4, -0.2) is 11.7 Å². The zero-order valence-corrected chi connectivity index (χ0v) is 12.5. The van der Waals surface area contributed by atoms with Crippen LogP contribution in [0.25, 0.3) is 0 Å². The Kier molecular flexibility index (Phi) is 4.31. The van der Waals surface area contributed by atoms with Crippen LogP contribution in [0.2, 0.25) is 5.02 Å². The number of hydrogen-bond acceptors (Lipinski definition) is 5. The van der Waals surface area contributed by atoms with Gasteiger partial charge in [0.05, 0.1) is 16.6 Å². The second kappa shape index (κ2) is 6.39. The van der Waals surface area contributed by atoms with Crippen LogP contribution in [0, 0.1) is 15.9 Å². The molecule has 0 atom stereocenters. The number of ether oxygens (including phenoxy) is 3. The predicted molar refractivity (Wildman–Crippen MR) is 79.1 cm³/mol. The summed E-state index contributed by atoms with van der Waals surface area (Å²) in [7, 11) is 0. The molecule has 0 amide bonds. The highest BCUT2D eigenvalue weighted by molar-refractivity contribution is 6.32. The number of halogens is 2. The van der Waals surface area contributed by atoms with Crippen molar-refractivity contribution in [2.75, 3.05) is 6.79 Å². The van der Waals surface area contributed by atoms with E-state index in [9.17, 15) is 14.5 Å². The minimum absolute atomic E-state index is 0.0115. The fraction of sp³-hybridized carbons (Fsp3) is 0.200. The highest BCUT2D eigenvalue weighted by Crippen LogP contribution is 2.33. The smallest absolute Gasteiger partial charge is 0.271 e. The van der Waals surface area contributed by atoms with Crippen LogP contribution >= 0.6 is 11.6 Å². The molecule has 8 heteroatoms. The molecule has 0 unspecified atom stereocenters. The lowest BCUT2D eigenvalue weighted by atomic mass is 10.1. The van der Waals surface area contributed by atoms with Crippen LogP contribution < -0.4 is 9.47 Å². The Labute approximate surface area is 135 Å². The van der Waals surface area contributed by atoms with Crippen LogP contribution in [0.4, 0.5) is 10.1 Å². The average molecular weight is 340 g/mol. The Morgan fingerprint density at radius 2 is 2.17 bits per heavy atom. The molecule has 6 nitrogen and oxygen atoms in total. The maximum atomic E-state index is 13.6. The lowest BCUT2D eigenvalue weighted by molar-refractivity contribution is -0.384. The minimum Gasteiger partial charge on any atom is -0.487 e. The molecule has 120 valence electrons. The van der Waals surface area contributed by atoms with E-state index in [1.807, 2.05) is 0 Å². The second-order valence-electron chi connectivity index (χ2n) is 4.82. The van der Waals surface area contributed by atoms with Crippen molar-refractivity contribution in [3.05, 3.63) is 62.4 Å². The predicted octanol–water partition coefficient (Wildman–Crippen LogP) is 3.83. The van der Waals surface area contributed by atoms with Crippen molar-refractivity contribution >= 4 is 17.3 Å². The number of nitrogens with zero attached hydrogens (tertiary/aromatic N) is 1. The third kappa shape index (κ3) is 3.35. The van der Waals surface area contributed by atoms with E-state index in [0.29, 0.717) is 16.9 Å². The summed E-state index contributed by atoms with van der Waals surface area (Å²) in [4.78, 5) is 10.1. The topological polar surface area (TPSA) is 70.8 Å². The van der Waals surface area contributed by atoms with E-state index in [4.69, 9.17) is 25.8 Å². The molecule has 0 aromatic heterocycles. The second-order valence-corrected chi connectivity index (χ2v) is 5.23. The van der Waals surface area contributed by atoms with Crippen molar-refractivity contribution in [3.63, 3.8) is 0 Å². The summed E-state index contributed by atoms with van der Waals surface area (Å²) in [5, 5.41) is 10.8. The Morgan fingerprint density at radius 3 is 2.91 bits per heavy atom. The van der Waals surface area contributed by atoms with Gasteiger partial charge in [0.2, 0.25) is 0 Å². The van der Waals surface area contributed by atoms with E-state index in [2.05, 4.69) is 0 Å². The van der Waals surface area contributed by atoms with Crippen molar-refractivity contribution in [2.24, 2.45) is 0 Å². The van der Waals surface area contributed by atoms with E-state index in [1.165, 1.54) is 30.3 Å². The molecule has 0 radical (unpaired) electrons. The van der Waals surface area contributed by atoms with E-state index in [0.717, 1.165) is 0 Å². The molecule has 1 aliphatic heterocycles. The van der Waals surface area contributed by atoms with E-state index in [-0.39, 0.29) is 36.5 Å². The highest BCUT2D eigenvalue weighted by Gasteiger charge is 2.18. The largest absolute Gasteiger partial charge is 0.487 e. The van der Waals surface area contributed by atoms with E-state index >= 15 is 0 Å². The quantitative estimate of drug-likeness (QED) is 0.625. The summed E-state index contributed by atoms with van der Waals surface area (Å²) >= 11 is 5.96.